The third-order valence-electron chi connectivity index (χ3n) is 1.44. The second-order valence-corrected chi connectivity index (χ2v) is 2.57. The van der Waals surface area contributed by atoms with Gasteiger partial charge in [0.15, 0.2) is 0 Å². The number of aliphatic carboxylic acids is 2. The fourth-order valence-corrected chi connectivity index (χ4v) is 0.863. The Morgan fingerprint density at radius 2 is 1.73 bits per heavy atom. The Morgan fingerprint density at radius 3 is 2.20 bits per heavy atom. The summed E-state index contributed by atoms with van der Waals surface area (Å²) in [5, 5.41) is 17.0. The number of carboxylic acid groups (broad SMARTS) is 2. The van der Waals surface area contributed by atoms with Crippen molar-refractivity contribution in [2.24, 2.45) is 0 Å². The van der Waals surface area contributed by atoms with Crippen molar-refractivity contribution in [3.63, 3.8) is 0 Å². The fraction of sp³-hybridized carbons (Fsp3) is 0. The van der Waals surface area contributed by atoms with Gasteiger partial charge in [-0.15, -0.1) is 0 Å². The molecule has 0 radical (unpaired) electrons. The summed E-state index contributed by atoms with van der Waals surface area (Å²) in [4.78, 5) is 20.9. The van der Waals surface area contributed by atoms with Crippen LogP contribution in [0.4, 0.5) is 0 Å². The first-order valence-corrected chi connectivity index (χ1v) is 4.00. The zero-order chi connectivity index (χ0) is 11.3. The molecule has 1 rings (SSSR count). The van der Waals surface area contributed by atoms with Crippen molar-refractivity contribution in [1.82, 2.24) is 0 Å². The molecule has 0 atom stereocenters. The highest BCUT2D eigenvalue weighted by molar-refractivity contribution is 5.93. The summed E-state index contributed by atoms with van der Waals surface area (Å²) in [5.41, 5.74) is 0. The maximum absolute atomic E-state index is 10.6. The minimum Gasteiger partial charge on any atom is -0.478 e. The van der Waals surface area contributed by atoms with Crippen LogP contribution in [-0.4, -0.2) is 22.2 Å². The Kier molecular flexibility index (Phi) is 3.45. The fourth-order valence-electron chi connectivity index (χ4n) is 0.863. The average molecular weight is 208 g/mol. The standard InChI is InChI=1S/C10H8O5/c11-9(12)6-8(10(13)14)15-7-4-2-1-3-5-7/h1-6H,(H,11,12)(H,13,14). The smallest absolute Gasteiger partial charge is 0.372 e. The van der Waals surface area contributed by atoms with Gasteiger partial charge in [-0.2, -0.15) is 0 Å². The number of carboxylic acids is 2. The molecule has 0 saturated carbocycles. The van der Waals surface area contributed by atoms with Crippen LogP contribution in [0, 0.1) is 0 Å². The van der Waals surface area contributed by atoms with Gasteiger partial charge >= 0.3 is 11.9 Å². The Labute approximate surface area is 85.2 Å². The number of carbonyl (C=O) groups is 2. The molecule has 5 nitrogen and oxygen atoms in total. The van der Waals surface area contributed by atoms with Gasteiger partial charge < -0.3 is 14.9 Å². The summed E-state index contributed by atoms with van der Waals surface area (Å²) in [5.74, 6) is -3.16. The van der Waals surface area contributed by atoms with Gasteiger partial charge in [-0.3, -0.25) is 0 Å². The van der Waals surface area contributed by atoms with Crippen molar-refractivity contribution in [3.8, 4) is 5.75 Å². The van der Waals surface area contributed by atoms with Crippen LogP contribution >= 0.6 is 0 Å². The molecule has 0 bridgehead atoms. The van der Waals surface area contributed by atoms with Crippen LogP contribution in [0.1, 0.15) is 0 Å². The monoisotopic (exact) mass is 208 g/mol. The van der Waals surface area contributed by atoms with E-state index in [-0.39, 0.29) is 5.75 Å². The highest BCUT2D eigenvalue weighted by Crippen LogP contribution is 2.12. The molecule has 0 unspecified atom stereocenters. The second kappa shape index (κ2) is 4.80. The van der Waals surface area contributed by atoms with E-state index in [1.807, 2.05) is 0 Å². The van der Waals surface area contributed by atoms with E-state index in [4.69, 9.17) is 14.9 Å². The van der Waals surface area contributed by atoms with E-state index in [2.05, 4.69) is 0 Å². The summed E-state index contributed by atoms with van der Waals surface area (Å²) >= 11 is 0. The first-order chi connectivity index (χ1) is 7.09. The topological polar surface area (TPSA) is 83.8 Å². The molecule has 0 amide bonds. The molecule has 0 aromatic heterocycles. The highest BCUT2D eigenvalue weighted by Gasteiger charge is 2.11. The number of hydrogen-bond donors (Lipinski definition) is 2. The van der Waals surface area contributed by atoms with Crippen molar-refractivity contribution in [2.75, 3.05) is 0 Å². The zero-order valence-corrected chi connectivity index (χ0v) is 7.58. The van der Waals surface area contributed by atoms with Crippen molar-refractivity contribution >= 4 is 11.9 Å². The molecule has 0 aliphatic heterocycles. The van der Waals surface area contributed by atoms with Crippen LogP contribution in [0.3, 0.4) is 0 Å². The summed E-state index contributed by atoms with van der Waals surface area (Å²) in [6.45, 7) is 0. The first-order valence-electron chi connectivity index (χ1n) is 4.00. The molecular formula is C10H8O5. The largest absolute Gasteiger partial charge is 0.478 e. The molecule has 0 saturated heterocycles. The van der Waals surface area contributed by atoms with E-state index in [1.165, 1.54) is 12.1 Å². The molecule has 78 valence electrons. The van der Waals surface area contributed by atoms with Crippen LogP contribution in [0.25, 0.3) is 0 Å². The summed E-state index contributed by atoms with van der Waals surface area (Å²) in [6, 6.07) is 8.08. The quantitative estimate of drug-likeness (QED) is 0.572. The van der Waals surface area contributed by atoms with Gasteiger partial charge in [-0.05, 0) is 12.1 Å². The third-order valence-corrected chi connectivity index (χ3v) is 1.44. The molecule has 0 heterocycles. The van der Waals surface area contributed by atoms with E-state index < -0.39 is 17.7 Å². The minimum atomic E-state index is -1.43. The Hall–Kier alpha value is -2.30. The predicted molar refractivity (Wildman–Crippen MR) is 50.4 cm³/mol. The van der Waals surface area contributed by atoms with E-state index >= 15 is 0 Å². The maximum Gasteiger partial charge on any atom is 0.372 e. The Bertz CT molecular complexity index is 394. The molecule has 5 heteroatoms. The zero-order valence-electron chi connectivity index (χ0n) is 7.58. The minimum absolute atomic E-state index is 0.271. The maximum atomic E-state index is 10.6. The van der Waals surface area contributed by atoms with Gasteiger partial charge in [0.25, 0.3) is 0 Å². The highest BCUT2D eigenvalue weighted by atomic mass is 16.5. The average Bonchev–Trinajstić information content (AvgIpc) is 2.17. The number of hydrogen-bond acceptors (Lipinski definition) is 3. The van der Waals surface area contributed by atoms with E-state index in [0.29, 0.717) is 6.08 Å². The van der Waals surface area contributed by atoms with Gasteiger partial charge in [-0.1, -0.05) is 18.2 Å². The SMILES string of the molecule is O=C(O)C=C(Oc1ccccc1)C(=O)O. The van der Waals surface area contributed by atoms with Gasteiger partial charge in [0.1, 0.15) is 5.75 Å². The predicted octanol–water partition coefficient (Wildman–Crippen LogP) is 1.12. The first kappa shape index (κ1) is 10.8. The number of benzene rings is 1. The van der Waals surface area contributed by atoms with Gasteiger partial charge in [0.05, 0.1) is 6.08 Å². The van der Waals surface area contributed by atoms with E-state index in [1.54, 1.807) is 18.2 Å². The second-order valence-electron chi connectivity index (χ2n) is 2.57. The lowest BCUT2D eigenvalue weighted by Gasteiger charge is -2.04. The number of para-hydroxylation sites is 1. The molecule has 0 aliphatic carbocycles. The number of rotatable bonds is 4. The van der Waals surface area contributed by atoms with Crippen LogP contribution in [-0.2, 0) is 9.59 Å². The Morgan fingerprint density at radius 1 is 1.13 bits per heavy atom. The molecule has 1 aromatic carbocycles. The van der Waals surface area contributed by atoms with Crippen LogP contribution in [0.15, 0.2) is 42.2 Å². The third kappa shape index (κ3) is 3.51. The lowest BCUT2D eigenvalue weighted by molar-refractivity contribution is -0.137. The van der Waals surface area contributed by atoms with Crippen molar-refractivity contribution in [2.45, 2.75) is 0 Å². The van der Waals surface area contributed by atoms with E-state index in [9.17, 15) is 9.59 Å². The lowest BCUT2D eigenvalue weighted by atomic mass is 10.3. The molecule has 0 aliphatic rings. The van der Waals surface area contributed by atoms with Gasteiger partial charge in [0.2, 0.25) is 5.76 Å². The number of ether oxygens (including phenoxy) is 1. The molecule has 0 fully saturated rings. The molecule has 15 heavy (non-hydrogen) atoms. The van der Waals surface area contributed by atoms with Crippen molar-refractivity contribution in [1.29, 1.82) is 0 Å². The van der Waals surface area contributed by atoms with E-state index in [0.717, 1.165) is 0 Å². The van der Waals surface area contributed by atoms with Crippen molar-refractivity contribution < 1.29 is 24.5 Å². The van der Waals surface area contributed by atoms with Crippen LogP contribution in [0.5, 0.6) is 5.75 Å². The van der Waals surface area contributed by atoms with Crippen molar-refractivity contribution in [3.05, 3.63) is 42.2 Å². The summed E-state index contributed by atoms with van der Waals surface area (Å²) in [7, 11) is 0. The lowest BCUT2D eigenvalue weighted by Crippen LogP contribution is -2.10. The van der Waals surface area contributed by atoms with Gasteiger partial charge in [-0.25, -0.2) is 9.59 Å². The molecule has 0 spiro atoms. The summed E-state index contributed by atoms with van der Waals surface area (Å²) in [6.07, 6.45) is 0.495. The van der Waals surface area contributed by atoms with Crippen LogP contribution in [0.2, 0.25) is 0 Å². The molecular weight excluding hydrogens is 200 g/mol. The summed E-state index contributed by atoms with van der Waals surface area (Å²) < 4.78 is 4.87. The Balaban J connectivity index is 2.86. The molecule has 1 aromatic rings. The molecule has 2 N–H and O–H groups in total. The van der Waals surface area contributed by atoms with Crippen LogP contribution < -0.4 is 4.74 Å². The normalized spacial score (nSPS) is 10.8. The van der Waals surface area contributed by atoms with Gasteiger partial charge in [0, 0.05) is 0 Å².